The lowest BCUT2D eigenvalue weighted by atomic mass is 9.77. The Bertz CT molecular complexity index is 490. The smallest absolute Gasteiger partial charge is 0.128 e. The van der Waals surface area contributed by atoms with Crippen molar-refractivity contribution in [3.63, 3.8) is 0 Å². The zero-order chi connectivity index (χ0) is 14.2. The molecule has 2 bridgehead atoms. The molecule has 0 radical (unpaired) electrons. The zero-order valence-electron chi connectivity index (χ0n) is 12.3. The minimum absolute atomic E-state index is 0.00983. The maximum Gasteiger partial charge on any atom is 0.128 e. The molecular weight excluding hydrogens is 255 g/mol. The van der Waals surface area contributed by atoms with Gasteiger partial charge in [-0.25, -0.2) is 4.39 Å². The Morgan fingerprint density at radius 2 is 2.05 bits per heavy atom. The molecule has 2 aliphatic rings. The second-order valence-corrected chi connectivity index (χ2v) is 6.15. The Hall–Kier alpha value is -0.930. The van der Waals surface area contributed by atoms with E-state index in [0.29, 0.717) is 12.2 Å². The second-order valence-electron chi connectivity index (χ2n) is 6.15. The van der Waals surface area contributed by atoms with Gasteiger partial charge in [0.2, 0.25) is 0 Å². The monoisotopic (exact) mass is 278 g/mol. The van der Waals surface area contributed by atoms with E-state index in [9.17, 15) is 4.39 Å². The van der Waals surface area contributed by atoms with Gasteiger partial charge in [0.25, 0.3) is 0 Å². The van der Waals surface area contributed by atoms with Crippen LogP contribution in [0.1, 0.15) is 51.5 Å². The number of benzene rings is 1. The van der Waals surface area contributed by atoms with Crippen molar-refractivity contribution in [2.24, 2.45) is 0 Å². The van der Waals surface area contributed by atoms with Gasteiger partial charge in [-0.3, -0.25) is 0 Å². The second kappa shape index (κ2) is 5.12. The van der Waals surface area contributed by atoms with Gasteiger partial charge < -0.3 is 9.47 Å². The van der Waals surface area contributed by atoms with E-state index >= 15 is 0 Å². The Kier molecular flexibility index (Phi) is 3.59. The quantitative estimate of drug-likeness (QED) is 0.802. The lowest BCUT2D eigenvalue weighted by molar-refractivity contribution is -0.0998. The minimum Gasteiger partial charge on any atom is -0.370 e. The topological polar surface area (TPSA) is 18.5 Å². The molecule has 2 heterocycles. The highest BCUT2D eigenvalue weighted by molar-refractivity contribution is 5.17. The van der Waals surface area contributed by atoms with Gasteiger partial charge in [0.15, 0.2) is 0 Å². The fourth-order valence-electron chi connectivity index (χ4n) is 3.75. The number of ether oxygens (including phenoxy) is 2. The van der Waals surface area contributed by atoms with Crippen molar-refractivity contribution < 1.29 is 13.9 Å². The summed E-state index contributed by atoms with van der Waals surface area (Å²) < 4.78 is 26.1. The van der Waals surface area contributed by atoms with Gasteiger partial charge in [-0.15, -0.1) is 0 Å². The molecule has 2 saturated heterocycles. The molecule has 0 amide bonds. The first-order valence-corrected chi connectivity index (χ1v) is 7.68. The van der Waals surface area contributed by atoms with Crippen LogP contribution in [0.15, 0.2) is 24.3 Å². The molecule has 3 heteroatoms. The van der Waals surface area contributed by atoms with Crippen molar-refractivity contribution >= 4 is 0 Å². The Morgan fingerprint density at radius 3 is 2.75 bits per heavy atom. The molecule has 3 atom stereocenters. The molecular formula is C17H23FO2. The van der Waals surface area contributed by atoms with Gasteiger partial charge in [0.1, 0.15) is 5.82 Å². The highest BCUT2D eigenvalue weighted by atomic mass is 19.1. The summed E-state index contributed by atoms with van der Waals surface area (Å²) in [6.45, 7) is 4.68. The molecule has 0 saturated carbocycles. The molecule has 1 aromatic carbocycles. The van der Waals surface area contributed by atoms with Gasteiger partial charge in [-0.2, -0.15) is 0 Å². The number of hydrogen-bond donors (Lipinski definition) is 0. The fourth-order valence-corrected chi connectivity index (χ4v) is 3.75. The maximum atomic E-state index is 13.7. The Balaban J connectivity index is 1.71. The fraction of sp³-hybridized carbons (Fsp3) is 0.647. The van der Waals surface area contributed by atoms with E-state index < -0.39 is 0 Å². The van der Waals surface area contributed by atoms with E-state index in [1.807, 2.05) is 6.07 Å². The third-order valence-corrected chi connectivity index (χ3v) is 5.21. The molecule has 0 aliphatic carbocycles. The highest BCUT2D eigenvalue weighted by Gasteiger charge is 2.60. The van der Waals surface area contributed by atoms with Crippen molar-refractivity contribution in [1.82, 2.24) is 0 Å². The summed E-state index contributed by atoms with van der Waals surface area (Å²) in [5, 5.41) is 0. The SMILES string of the molecule is CCC12CCC(CC)(O1)C(OCc1ccccc1F)C2. The Morgan fingerprint density at radius 1 is 1.25 bits per heavy atom. The lowest BCUT2D eigenvalue weighted by Crippen LogP contribution is -2.39. The number of hydrogen-bond acceptors (Lipinski definition) is 2. The Labute approximate surface area is 120 Å². The first-order chi connectivity index (χ1) is 9.63. The molecule has 2 nitrogen and oxygen atoms in total. The predicted molar refractivity (Wildman–Crippen MR) is 76.0 cm³/mol. The third kappa shape index (κ3) is 2.17. The molecule has 3 rings (SSSR count). The number of rotatable bonds is 5. The van der Waals surface area contributed by atoms with Crippen molar-refractivity contribution in [3.8, 4) is 0 Å². The first-order valence-electron chi connectivity index (χ1n) is 7.68. The van der Waals surface area contributed by atoms with Crippen molar-refractivity contribution in [1.29, 1.82) is 0 Å². The van der Waals surface area contributed by atoms with Gasteiger partial charge in [0.05, 0.1) is 23.9 Å². The summed E-state index contributed by atoms with van der Waals surface area (Å²) in [5.74, 6) is -0.188. The van der Waals surface area contributed by atoms with Gasteiger partial charge in [-0.05, 0) is 31.7 Å². The van der Waals surface area contributed by atoms with Crippen LogP contribution in [0, 0.1) is 5.82 Å². The average Bonchev–Trinajstić information content (AvgIpc) is 3.01. The molecule has 1 aromatic rings. The van der Waals surface area contributed by atoms with E-state index in [1.165, 1.54) is 6.07 Å². The van der Waals surface area contributed by atoms with Crippen LogP contribution in [-0.2, 0) is 16.1 Å². The van der Waals surface area contributed by atoms with E-state index in [1.54, 1.807) is 12.1 Å². The van der Waals surface area contributed by atoms with Crippen LogP contribution in [-0.4, -0.2) is 17.3 Å². The van der Waals surface area contributed by atoms with Crippen LogP contribution < -0.4 is 0 Å². The summed E-state index contributed by atoms with van der Waals surface area (Å²) in [6, 6.07) is 6.83. The van der Waals surface area contributed by atoms with Crippen LogP contribution in [0.25, 0.3) is 0 Å². The molecule has 0 spiro atoms. The normalized spacial score (nSPS) is 35.6. The van der Waals surface area contributed by atoms with E-state index in [4.69, 9.17) is 9.47 Å². The van der Waals surface area contributed by atoms with E-state index in [2.05, 4.69) is 13.8 Å². The highest BCUT2D eigenvalue weighted by Crippen LogP contribution is 2.55. The van der Waals surface area contributed by atoms with Crippen LogP contribution >= 0.6 is 0 Å². The summed E-state index contributed by atoms with van der Waals surface area (Å²) in [5.41, 5.74) is 0.504. The van der Waals surface area contributed by atoms with E-state index in [0.717, 1.165) is 32.1 Å². The predicted octanol–water partition coefficient (Wildman–Crippen LogP) is 4.22. The van der Waals surface area contributed by atoms with Crippen molar-refractivity contribution in [3.05, 3.63) is 35.6 Å². The van der Waals surface area contributed by atoms with Crippen LogP contribution in [0.2, 0.25) is 0 Å². The van der Waals surface area contributed by atoms with Crippen molar-refractivity contribution in [2.45, 2.75) is 69.9 Å². The standard InChI is InChI=1S/C17H23FO2/c1-3-16-9-10-17(4-2,20-16)15(11-16)19-12-13-7-5-6-8-14(13)18/h5-8,15H,3-4,9-12H2,1-2H3. The summed E-state index contributed by atoms with van der Waals surface area (Å²) in [7, 11) is 0. The average molecular weight is 278 g/mol. The molecule has 0 aromatic heterocycles. The lowest BCUT2D eigenvalue weighted by Gasteiger charge is -2.32. The number of fused-ring (bicyclic) bond motifs is 2. The molecule has 110 valence electrons. The van der Waals surface area contributed by atoms with Gasteiger partial charge in [-0.1, -0.05) is 32.0 Å². The van der Waals surface area contributed by atoms with Crippen molar-refractivity contribution in [2.75, 3.05) is 0 Å². The number of halogens is 1. The molecule has 0 N–H and O–H groups in total. The molecule has 2 aliphatic heterocycles. The van der Waals surface area contributed by atoms with Crippen LogP contribution in [0.3, 0.4) is 0 Å². The summed E-state index contributed by atoms with van der Waals surface area (Å²) in [6.07, 6.45) is 5.26. The van der Waals surface area contributed by atoms with Gasteiger partial charge in [0, 0.05) is 12.0 Å². The third-order valence-electron chi connectivity index (χ3n) is 5.21. The largest absolute Gasteiger partial charge is 0.370 e. The first kappa shape index (κ1) is 14.0. The van der Waals surface area contributed by atoms with E-state index in [-0.39, 0.29) is 23.1 Å². The van der Waals surface area contributed by atoms with Crippen LogP contribution in [0.5, 0.6) is 0 Å². The summed E-state index contributed by atoms with van der Waals surface area (Å²) in [4.78, 5) is 0. The minimum atomic E-state index is -0.188. The zero-order valence-corrected chi connectivity index (χ0v) is 12.3. The summed E-state index contributed by atoms with van der Waals surface area (Å²) >= 11 is 0. The van der Waals surface area contributed by atoms with Gasteiger partial charge >= 0.3 is 0 Å². The molecule has 3 unspecified atom stereocenters. The maximum absolute atomic E-state index is 13.7. The van der Waals surface area contributed by atoms with Crippen LogP contribution in [0.4, 0.5) is 4.39 Å². The molecule has 20 heavy (non-hydrogen) atoms. The molecule has 2 fully saturated rings.